The van der Waals surface area contributed by atoms with Crippen LogP contribution in [0.2, 0.25) is 0 Å². The monoisotopic (exact) mass is 203 g/mol. The van der Waals surface area contributed by atoms with Crippen molar-refractivity contribution < 1.29 is 4.79 Å². The molecule has 1 aromatic carbocycles. The molecule has 2 atom stereocenters. The Morgan fingerprint density at radius 1 is 1.27 bits per heavy atom. The van der Waals surface area contributed by atoms with Gasteiger partial charge in [-0.15, -0.1) is 0 Å². The Morgan fingerprint density at radius 2 is 1.80 bits per heavy atom. The first-order valence-electron chi connectivity index (χ1n) is 5.41. The molecule has 0 radical (unpaired) electrons. The number of benzene rings is 1. The fourth-order valence-corrected chi connectivity index (χ4v) is 1.92. The summed E-state index contributed by atoms with van der Waals surface area (Å²) in [5.74, 6) is 1.62. The molecular weight excluding hydrogens is 186 g/mol. The van der Waals surface area contributed by atoms with Gasteiger partial charge in [-0.2, -0.15) is 0 Å². The molecule has 1 aliphatic rings. The summed E-state index contributed by atoms with van der Waals surface area (Å²) < 4.78 is 0. The van der Waals surface area contributed by atoms with Crippen LogP contribution < -0.4 is 0 Å². The molecule has 0 bridgehead atoms. The highest BCUT2D eigenvalue weighted by molar-refractivity contribution is 5.93. The van der Waals surface area contributed by atoms with Crippen molar-refractivity contribution in [1.29, 1.82) is 0 Å². The van der Waals surface area contributed by atoms with Gasteiger partial charge in [-0.05, 0) is 36.0 Å². The topological polar surface area (TPSA) is 20.3 Å². The van der Waals surface area contributed by atoms with E-state index in [1.807, 2.05) is 12.1 Å². The molecule has 1 fully saturated rings. The highest BCUT2D eigenvalue weighted by Gasteiger charge is 2.33. The van der Waals surface area contributed by atoms with Crippen LogP contribution in [-0.4, -0.2) is 24.9 Å². The molecule has 0 aromatic heterocycles. The van der Waals surface area contributed by atoms with E-state index in [-0.39, 0.29) is 5.91 Å². The van der Waals surface area contributed by atoms with Gasteiger partial charge in [-0.1, -0.05) is 19.1 Å². The van der Waals surface area contributed by atoms with E-state index in [9.17, 15) is 4.79 Å². The highest BCUT2D eigenvalue weighted by Crippen LogP contribution is 2.46. The number of hydrogen-bond donors (Lipinski definition) is 0. The molecule has 1 amide bonds. The van der Waals surface area contributed by atoms with E-state index in [4.69, 9.17) is 0 Å². The maximum atomic E-state index is 11.6. The Kier molecular flexibility index (Phi) is 2.51. The fourth-order valence-electron chi connectivity index (χ4n) is 1.92. The van der Waals surface area contributed by atoms with Gasteiger partial charge in [0.15, 0.2) is 0 Å². The van der Waals surface area contributed by atoms with Gasteiger partial charge in [-0.3, -0.25) is 4.79 Å². The summed E-state index contributed by atoms with van der Waals surface area (Å²) in [6.45, 7) is 2.27. The average molecular weight is 203 g/mol. The van der Waals surface area contributed by atoms with E-state index in [2.05, 4.69) is 19.1 Å². The summed E-state index contributed by atoms with van der Waals surface area (Å²) in [5, 5.41) is 0. The Hall–Kier alpha value is -1.31. The average Bonchev–Trinajstić information content (AvgIpc) is 2.94. The van der Waals surface area contributed by atoms with Crippen molar-refractivity contribution in [3.8, 4) is 0 Å². The lowest BCUT2D eigenvalue weighted by Crippen LogP contribution is -2.21. The molecule has 15 heavy (non-hydrogen) atoms. The van der Waals surface area contributed by atoms with E-state index >= 15 is 0 Å². The van der Waals surface area contributed by atoms with Crippen LogP contribution in [0.5, 0.6) is 0 Å². The zero-order valence-electron chi connectivity index (χ0n) is 9.53. The van der Waals surface area contributed by atoms with E-state index < -0.39 is 0 Å². The Labute approximate surface area is 90.9 Å². The van der Waals surface area contributed by atoms with Gasteiger partial charge < -0.3 is 4.90 Å². The zero-order chi connectivity index (χ0) is 11.0. The summed E-state index contributed by atoms with van der Waals surface area (Å²) in [4.78, 5) is 13.2. The minimum absolute atomic E-state index is 0.0744. The summed E-state index contributed by atoms with van der Waals surface area (Å²) in [6, 6.07) is 8.04. The molecule has 0 heterocycles. The third-order valence-corrected chi connectivity index (χ3v) is 3.10. The third kappa shape index (κ3) is 2.04. The van der Waals surface area contributed by atoms with Crippen molar-refractivity contribution in [2.75, 3.05) is 14.1 Å². The van der Waals surface area contributed by atoms with Crippen molar-refractivity contribution in [1.82, 2.24) is 4.90 Å². The van der Waals surface area contributed by atoms with Crippen LogP contribution in [-0.2, 0) is 0 Å². The zero-order valence-corrected chi connectivity index (χ0v) is 9.53. The van der Waals surface area contributed by atoms with Gasteiger partial charge in [0.05, 0.1) is 0 Å². The minimum Gasteiger partial charge on any atom is -0.345 e. The SMILES string of the molecule is C[C@H]1C[C@@H]1c1ccc(C(=O)N(C)C)cc1. The third-order valence-electron chi connectivity index (χ3n) is 3.10. The number of hydrogen-bond acceptors (Lipinski definition) is 1. The molecule has 0 N–H and O–H groups in total. The summed E-state index contributed by atoms with van der Waals surface area (Å²) in [5.41, 5.74) is 2.15. The quantitative estimate of drug-likeness (QED) is 0.723. The molecule has 0 spiro atoms. The number of carbonyl (C=O) groups is 1. The van der Waals surface area contributed by atoms with Gasteiger partial charge in [0, 0.05) is 19.7 Å². The van der Waals surface area contributed by atoms with Crippen LogP contribution in [0, 0.1) is 5.92 Å². The van der Waals surface area contributed by atoms with Gasteiger partial charge in [-0.25, -0.2) is 0 Å². The lowest BCUT2D eigenvalue weighted by Gasteiger charge is -2.10. The fraction of sp³-hybridized carbons (Fsp3) is 0.462. The molecule has 80 valence electrons. The van der Waals surface area contributed by atoms with Crippen molar-refractivity contribution in [2.45, 2.75) is 19.3 Å². The second kappa shape index (κ2) is 3.69. The maximum Gasteiger partial charge on any atom is 0.253 e. The van der Waals surface area contributed by atoms with Crippen molar-refractivity contribution in [3.63, 3.8) is 0 Å². The standard InChI is InChI=1S/C13H17NO/c1-9-8-12(9)10-4-6-11(7-5-10)13(15)14(2)3/h4-7,9,12H,8H2,1-3H3/t9-,12-/m0/s1. The molecular formula is C13H17NO. The van der Waals surface area contributed by atoms with Crippen LogP contribution in [0.15, 0.2) is 24.3 Å². The molecule has 1 aromatic rings. The van der Waals surface area contributed by atoms with Crippen molar-refractivity contribution >= 4 is 5.91 Å². The second-order valence-electron chi connectivity index (χ2n) is 4.64. The van der Waals surface area contributed by atoms with Gasteiger partial charge >= 0.3 is 0 Å². The van der Waals surface area contributed by atoms with Crippen LogP contribution in [0.1, 0.15) is 35.2 Å². The largest absolute Gasteiger partial charge is 0.345 e. The van der Waals surface area contributed by atoms with Crippen LogP contribution in [0.3, 0.4) is 0 Å². The number of amides is 1. The molecule has 0 unspecified atom stereocenters. The second-order valence-corrected chi connectivity index (χ2v) is 4.64. The molecule has 0 aliphatic heterocycles. The molecule has 0 saturated heterocycles. The smallest absolute Gasteiger partial charge is 0.253 e. The molecule has 2 heteroatoms. The lowest BCUT2D eigenvalue weighted by molar-refractivity contribution is 0.0827. The minimum atomic E-state index is 0.0744. The molecule has 2 rings (SSSR count). The summed E-state index contributed by atoms with van der Waals surface area (Å²) >= 11 is 0. The normalized spacial score (nSPS) is 23.7. The van der Waals surface area contributed by atoms with Gasteiger partial charge in [0.1, 0.15) is 0 Å². The van der Waals surface area contributed by atoms with E-state index in [1.165, 1.54) is 12.0 Å². The summed E-state index contributed by atoms with van der Waals surface area (Å²) in [7, 11) is 3.55. The first kappa shape index (κ1) is 10.2. The number of nitrogens with zero attached hydrogens (tertiary/aromatic N) is 1. The summed E-state index contributed by atoms with van der Waals surface area (Å²) in [6.07, 6.45) is 1.29. The molecule has 2 nitrogen and oxygen atoms in total. The highest BCUT2D eigenvalue weighted by atomic mass is 16.2. The van der Waals surface area contributed by atoms with Crippen LogP contribution in [0.25, 0.3) is 0 Å². The van der Waals surface area contributed by atoms with E-state index in [0.717, 1.165) is 17.4 Å². The predicted molar refractivity (Wildman–Crippen MR) is 61.0 cm³/mol. The van der Waals surface area contributed by atoms with Crippen molar-refractivity contribution in [2.24, 2.45) is 5.92 Å². The maximum absolute atomic E-state index is 11.6. The van der Waals surface area contributed by atoms with Crippen LogP contribution >= 0.6 is 0 Å². The lowest BCUT2D eigenvalue weighted by atomic mass is 10.1. The van der Waals surface area contributed by atoms with Crippen LogP contribution in [0.4, 0.5) is 0 Å². The number of carbonyl (C=O) groups excluding carboxylic acids is 1. The predicted octanol–water partition coefficient (Wildman–Crippen LogP) is 2.51. The Bertz CT molecular complexity index is 367. The van der Waals surface area contributed by atoms with E-state index in [0.29, 0.717) is 0 Å². The first-order valence-corrected chi connectivity index (χ1v) is 5.41. The Morgan fingerprint density at radius 3 is 2.20 bits per heavy atom. The Balaban J connectivity index is 2.14. The first-order chi connectivity index (χ1) is 7.09. The molecule has 1 aliphatic carbocycles. The van der Waals surface area contributed by atoms with Crippen molar-refractivity contribution in [3.05, 3.63) is 35.4 Å². The van der Waals surface area contributed by atoms with Gasteiger partial charge in [0.25, 0.3) is 5.91 Å². The molecule has 1 saturated carbocycles. The van der Waals surface area contributed by atoms with E-state index in [1.54, 1.807) is 19.0 Å². The van der Waals surface area contributed by atoms with Gasteiger partial charge in [0.2, 0.25) is 0 Å². The number of rotatable bonds is 2.